The number of nitrogens with zero attached hydrogens (tertiary/aromatic N) is 1. The number of benzene rings is 2. The maximum Gasteiger partial charge on any atom is 0.255 e. The first kappa shape index (κ1) is 17.9. The van der Waals surface area contributed by atoms with Gasteiger partial charge in [0.15, 0.2) is 9.84 Å². The Hall–Kier alpha value is -3.45. The van der Waals surface area contributed by atoms with Crippen LogP contribution in [0.1, 0.15) is 10.4 Å². The number of sulfone groups is 1. The second kappa shape index (κ2) is 6.94. The van der Waals surface area contributed by atoms with Crippen LogP contribution < -0.4 is 5.32 Å². The topological polar surface area (TPSA) is 89.3 Å². The highest BCUT2D eigenvalue weighted by Crippen LogP contribution is 2.27. The quantitative estimate of drug-likeness (QED) is 0.563. The van der Waals surface area contributed by atoms with Gasteiger partial charge in [-0.25, -0.2) is 8.42 Å². The summed E-state index contributed by atoms with van der Waals surface area (Å²) in [4.78, 5) is 17.1. The molecule has 1 amide bonds. The van der Waals surface area contributed by atoms with Crippen LogP contribution in [0.15, 0.2) is 82.4 Å². The van der Waals surface area contributed by atoms with Crippen LogP contribution in [0.3, 0.4) is 0 Å². The van der Waals surface area contributed by atoms with Gasteiger partial charge in [-0.1, -0.05) is 12.1 Å². The first-order valence-corrected chi connectivity index (χ1v) is 10.3. The minimum Gasteiger partial charge on any atom is -0.464 e. The van der Waals surface area contributed by atoms with Crippen LogP contribution in [0, 0.1) is 0 Å². The standard InChI is InChI=1S/C21H16N2O4S/c1-28(25,26)17-8-6-16(7-9-17)23-21(24)15-4-2-14(3-5-15)20-18-11-13-27-19(18)10-12-22-20/h2-13H,1H3,(H,23,24). The second-order valence-corrected chi connectivity index (χ2v) is 8.34. The van der Waals surface area contributed by atoms with Gasteiger partial charge < -0.3 is 9.73 Å². The molecule has 0 aliphatic rings. The Bertz CT molecular complexity index is 1260. The third kappa shape index (κ3) is 3.52. The number of hydrogen-bond acceptors (Lipinski definition) is 5. The van der Waals surface area contributed by atoms with Crippen LogP contribution in [0.5, 0.6) is 0 Å². The lowest BCUT2D eigenvalue weighted by Crippen LogP contribution is -2.11. The third-order valence-electron chi connectivity index (χ3n) is 4.34. The van der Waals surface area contributed by atoms with Crippen molar-refractivity contribution >= 4 is 32.4 Å². The van der Waals surface area contributed by atoms with Crippen LogP contribution in [0.2, 0.25) is 0 Å². The molecule has 0 saturated carbocycles. The van der Waals surface area contributed by atoms with Crippen LogP contribution >= 0.6 is 0 Å². The molecule has 1 N–H and O–H groups in total. The lowest BCUT2D eigenvalue weighted by Gasteiger charge is -2.07. The van der Waals surface area contributed by atoms with E-state index in [1.54, 1.807) is 42.8 Å². The number of aromatic nitrogens is 1. The Morgan fingerprint density at radius 3 is 2.36 bits per heavy atom. The van der Waals surface area contributed by atoms with Gasteiger partial charge >= 0.3 is 0 Å². The van der Waals surface area contributed by atoms with Crippen molar-refractivity contribution in [2.24, 2.45) is 0 Å². The Morgan fingerprint density at radius 1 is 0.964 bits per heavy atom. The van der Waals surface area contributed by atoms with E-state index in [-0.39, 0.29) is 10.8 Å². The molecule has 6 nitrogen and oxygen atoms in total. The number of pyridine rings is 1. The molecule has 140 valence electrons. The van der Waals surface area contributed by atoms with Gasteiger partial charge in [0.1, 0.15) is 5.58 Å². The molecule has 0 bridgehead atoms. The van der Waals surface area contributed by atoms with Crippen LogP contribution in [-0.2, 0) is 9.84 Å². The SMILES string of the molecule is CS(=O)(=O)c1ccc(NC(=O)c2ccc(-c3nccc4occc34)cc2)cc1. The molecule has 2 aromatic heterocycles. The molecule has 0 saturated heterocycles. The molecule has 0 aliphatic carbocycles. The maximum atomic E-state index is 12.5. The minimum absolute atomic E-state index is 0.204. The van der Waals surface area contributed by atoms with E-state index < -0.39 is 9.84 Å². The zero-order chi connectivity index (χ0) is 19.7. The fourth-order valence-corrected chi connectivity index (χ4v) is 3.52. The Morgan fingerprint density at radius 2 is 1.68 bits per heavy atom. The number of amides is 1. The maximum absolute atomic E-state index is 12.5. The van der Waals surface area contributed by atoms with E-state index in [4.69, 9.17) is 4.42 Å². The van der Waals surface area contributed by atoms with E-state index in [2.05, 4.69) is 10.3 Å². The van der Waals surface area contributed by atoms with Crippen LogP contribution in [0.25, 0.3) is 22.2 Å². The highest BCUT2D eigenvalue weighted by molar-refractivity contribution is 7.90. The van der Waals surface area contributed by atoms with Crippen molar-refractivity contribution in [3.8, 4) is 11.3 Å². The van der Waals surface area contributed by atoms with Crippen LogP contribution in [0.4, 0.5) is 5.69 Å². The third-order valence-corrected chi connectivity index (χ3v) is 5.47. The summed E-state index contributed by atoms with van der Waals surface area (Å²) in [5, 5.41) is 3.67. The van der Waals surface area contributed by atoms with Crippen molar-refractivity contribution in [2.75, 3.05) is 11.6 Å². The summed E-state index contributed by atoms with van der Waals surface area (Å²) in [6, 6.07) is 16.8. The molecule has 0 spiro atoms. The lowest BCUT2D eigenvalue weighted by atomic mass is 10.1. The Balaban J connectivity index is 1.54. The monoisotopic (exact) mass is 392 g/mol. The van der Waals surface area contributed by atoms with Crippen molar-refractivity contribution in [3.63, 3.8) is 0 Å². The number of carbonyl (C=O) groups excluding carboxylic acids is 1. The zero-order valence-corrected chi connectivity index (χ0v) is 15.7. The molecular weight excluding hydrogens is 376 g/mol. The zero-order valence-electron chi connectivity index (χ0n) is 14.9. The molecule has 4 rings (SSSR count). The van der Waals surface area contributed by atoms with E-state index in [1.807, 2.05) is 18.2 Å². The summed E-state index contributed by atoms with van der Waals surface area (Å²) in [7, 11) is -3.27. The van der Waals surface area contributed by atoms with Gasteiger partial charge in [-0.05, 0) is 48.5 Å². The van der Waals surface area contributed by atoms with E-state index in [9.17, 15) is 13.2 Å². The predicted octanol–water partition coefficient (Wildman–Crippen LogP) is 4.15. The molecule has 2 heterocycles. The van der Waals surface area contributed by atoms with Gasteiger partial charge in [0.25, 0.3) is 5.91 Å². The average Bonchev–Trinajstić information content (AvgIpc) is 3.17. The molecule has 0 atom stereocenters. The van der Waals surface area contributed by atoms with Gasteiger partial charge in [-0.2, -0.15) is 0 Å². The molecule has 0 radical (unpaired) electrons. The Labute approximate surface area is 161 Å². The minimum atomic E-state index is -3.27. The second-order valence-electron chi connectivity index (χ2n) is 6.32. The number of fused-ring (bicyclic) bond motifs is 1. The van der Waals surface area contributed by atoms with Gasteiger partial charge in [-0.15, -0.1) is 0 Å². The van der Waals surface area contributed by atoms with Gasteiger partial charge in [0.2, 0.25) is 0 Å². The van der Waals surface area contributed by atoms with Crippen LogP contribution in [-0.4, -0.2) is 25.6 Å². The first-order chi connectivity index (χ1) is 13.4. The largest absolute Gasteiger partial charge is 0.464 e. The highest BCUT2D eigenvalue weighted by atomic mass is 32.2. The molecule has 0 fully saturated rings. The number of furan rings is 1. The summed E-state index contributed by atoms with van der Waals surface area (Å²) in [5.74, 6) is -0.284. The van der Waals surface area contributed by atoms with Gasteiger partial charge in [0.05, 0.1) is 16.9 Å². The smallest absolute Gasteiger partial charge is 0.255 e. The van der Waals surface area contributed by atoms with Crippen molar-refractivity contribution < 1.29 is 17.6 Å². The summed E-state index contributed by atoms with van der Waals surface area (Å²) < 4.78 is 28.4. The normalized spacial score (nSPS) is 11.5. The summed E-state index contributed by atoms with van der Waals surface area (Å²) in [6.07, 6.45) is 4.44. The van der Waals surface area contributed by atoms with Crippen molar-refractivity contribution in [1.82, 2.24) is 4.98 Å². The molecule has 28 heavy (non-hydrogen) atoms. The average molecular weight is 392 g/mol. The predicted molar refractivity (Wildman–Crippen MR) is 107 cm³/mol. The fraction of sp³-hybridized carbons (Fsp3) is 0.0476. The molecule has 2 aromatic carbocycles. The van der Waals surface area contributed by atoms with E-state index in [1.165, 1.54) is 12.1 Å². The number of anilines is 1. The molecule has 0 unspecified atom stereocenters. The molecule has 4 aromatic rings. The fourth-order valence-electron chi connectivity index (χ4n) is 2.89. The van der Waals surface area contributed by atoms with Gasteiger partial charge in [0, 0.05) is 34.7 Å². The number of rotatable bonds is 4. The number of carbonyl (C=O) groups is 1. The van der Waals surface area contributed by atoms with Crippen molar-refractivity contribution in [2.45, 2.75) is 4.90 Å². The lowest BCUT2D eigenvalue weighted by molar-refractivity contribution is 0.102. The highest BCUT2D eigenvalue weighted by Gasteiger charge is 2.11. The number of hydrogen-bond donors (Lipinski definition) is 1. The first-order valence-electron chi connectivity index (χ1n) is 8.46. The molecule has 7 heteroatoms. The summed E-state index contributed by atoms with van der Waals surface area (Å²) in [5.41, 5.74) is 3.42. The summed E-state index contributed by atoms with van der Waals surface area (Å²) in [6.45, 7) is 0. The van der Waals surface area contributed by atoms with Crippen molar-refractivity contribution in [3.05, 3.63) is 78.7 Å². The van der Waals surface area contributed by atoms with E-state index in [0.29, 0.717) is 11.3 Å². The summed E-state index contributed by atoms with van der Waals surface area (Å²) >= 11 is 0. The molecular formula is C21H16N2O4S. The van der Waals surface area contributed by atoms with Crippen molar-refractivity contribution in [1.29, 1.82) is 0 Å². The van der Waals surface area contributed by atoms with Gasteiger partial charge in [-0.3, -0.25) is 9.78 Å². The Kier molecular flexibility index (Phi) is 4.44. The van der Waals surface area contributed by atoms with E-state index in [0.717, 1.165) is 28.5 Å². The number of nitrogens with one attached hydrogen (secondary N) is 1. The molecule has 0 aliphatic heterocycles. The van der Waals surface area contributed by atoms with E-state index >= 15 is 0 Å².